The van der Waals surface area contributed by atoms with Gasteiger partial charge in [0.2, 0.25) is 0 Å². The smallest absolute Gasteiger partial charge is 0.282 e. The quantitative estimate of drug-likeness (QED) is 0.498. The molecule has 1 aliphatic rings. The molecular weight excluding hydrogens is 412 g/mol. The van der Waals surface area contributed by atoms with Crippen LogP contribution in [0.5, 0.6) is 5.75 Å². The average molecular weight is 441 g/mol. The highest BCUT2D eigenvalue weighted by Gasteiger charge is 2.42. The summed E-state index contributed by atoms with van der Waals surface area (Å²) >= 11 is 0. The molecule has 1 aliphatic heterocycles. The molecule has 0 N–H and O–H groups in total. The first-order valence-electron chi connectivity index (χ1n) is 10.9. The number of carbonyl (C=O) groups is 2. The predicted molar refractivity (Wildman–Crippen MR) is 132 cm³/mol. The lowest BCUT2D eigenvalue weighted by Crippen LogP contribution is -2.34. The molecule has 0 saturated carbocycles. The zero-order valence-corrected chi connectivity index (χ0v) is 19.6. The van der Waals surface area contributed by atoms with E-state index in [4.69, 9.17) is 4.74 Å². The van der Waals surface area contributed by atoms with Gasteiger partial charge in [-0.25, -0.2) is 4.90 Å². The van der Waals surface area contributed by atoms with Gasteiger partial charge in [-0.2, -0.15) is 0 Å². The number of likely N-dealkylation sites (N-methyl/N-ethyl adjacent to an activating group) is 1. The van der Waals surface area contributed by atoms with Crippen molar-refractivity contribution in [2.24, 2.45) is 0 Å². The molecule has 0 atom stereocenters. The minimum Gasteiger partial charge on any atom is -0.497 e. The monoisotopic (exact) mass is 440 g/mol. The van der Waals surface area contributed by atoms with E-state index >= 15 is 0 Å². The van der Waals surface area contributed by atoms with Crippen molar-refractivity contribution in [1.29, 1.82) is 0 Å². The summed E-state index contributed by atoms with van der Waals surface area (Å²) in [5.41, 5.74) is 3.87. The summed E-state index contributed by atoms with van der Waals surface area (Å²) in [6, 6.07) is 24.4. The van der Waals surface area contributed by atoms with Crippen LogP contribution in [0.15, 0.2) is 84.6 Å². The normalized spacial score (nSPS) is 14.2. The van der Waals surface area contributed by atoms with Crippen LogP contribution < -0.4 is 14.5 Å². The summed E-state index contributed by atoms with van der Waals surface area (Å²) in [5.74, 6) is -0.00384. The molecule has 33 heavy (non-hydrogen) atoms. The number of imide groups is 1. The number of rotatable bonds is 5. The molecule has 3 aromatic carbocycles. The molecule has 0 aliphatic carbocycles. The van der Waals surface area contributed by atoms with E-state index in [0.717, 1.165) is 11.3 Å². The second-order valence-electron chi connectivity index (χ2n) is 9.09. The molecule has 0 aromatic heterocycles. The fourth-order valence-electron chi connectivity index (χ4n) is 3.97. The van der Waals surface area contributed by atoms with Gasteiger partial charge in [-0.05, 0) is 52.9 Å². The van der Waals surface area contributed by atoms with Crippen LogP contribution in [0.2, 0.25) is 0 Å². The van der Waals surface area contributed by atoms with E-state index in [1.54, 1.807) is 24.1 Å². The molecule has 168 valence electrons. The third-order valence-corrected chi connectivity index (χ3v) is 5.91. The minimum atomic E-state index is -0.347. The summed E-state index contributed by atoms with van der Waals surface area (Å²) in [6.07, 6.45) is 0. The van der Waals surface area contributed by atoms with Gasteiger partial charge in [-0.15, -0.1) is 0 Å². The van der Waals surface area contributed by atoms with Crippen molar-refractivity contribution in [3.8, 4) is 5.75 Å². The fourth-order valence-corrected chi connectivity index (χ4v) is 3.97. The third kappa shape index (κ3) is 4.14. The molecular formula is C28H28N2O3. The van der Waals surface area contributed by atoms with E-state index in [0.29, 0.717) is 28.3 Å². The van der Waals surface area contributed by atoms with Crippen LogP contribution >= 0.6 is 0 Å². The second-order valence-corrected chi connectivity index (χ2v) is 9.09. The first-order chi connectivity index (χ1) is 15.7. The second kappa shape index (κ2) is 8.58. The van der Waals surface area contributed by atoms with Gasteiger partial charge >= 0.3 is 0 Å². The molecule has 4 rings (SSSR count). The topological polar surface area (TPSA) is 49.9 Å². The average Bonchev–Trinajstić information content (AvgIpc) is 3.08. The number of ether oxygens (including phenoxy) is 1. The number of methoxy groups -OCH3 is 1. The fraction of sp³-hybridized carbons (Fsp3) is 0.214. The predicted octanol–water partition coefficient (Wildman–Crippen LogP) is 5.41. The summed E-state index contributed by atoms with van der Waals surface area (Å²) in [4.78, 5) is 30.4. The van der Waals surface area contributed by atoms with Gasteiger partial charge in [0.1, 0.15) is 11.4 Å². The summed E-state index contributed by atoms with van der Waals surface area (Å²) in [5, 5.41) is 0. The van der Waals surface area contributed by atoms with E-state index in [-0.39, 0.29) is 17.2 Å². The van der Waals surface area contributed by atoms with Crippen LogP contribution in [0.3, 0.4) is 0 Å². The van der Waals surface area contributed by atoms with Crippen LogP contribution in [-0.2, 0) is 15.0 Å². The summed E-state index contributed by atoms with van der Waals surface area (Å²) < 4.78 is 5.26. The molecule has 0 radical (unpaired) electrons. The lowest BCUT2D eigenvalue weighted by atomic mass is 9.87. The van der Waals surface area contributed by atoms with Gasteiger partial charge in [0.05, 0.1) is 18.4 Å². The maximum absolute atomic E-state index is 13.7. The highest BCUT2D eigenvalue weighted by atomic mass is 16.5. The van der Waals surface area contributed by atoms with Gasteiger partial charge in [0.15, 0.2) is 0 Å². The standard InChI is InChI=1S/C28H28N2O3/c1-28(2,3)20-13-15-22(16-14-20)30-26(31)24(19-11-17-23(33-5)18-12-19)25(27(30)32)29(4)21-9-7-6-8-10-21/h6-18H,1-5H3. The molecule has 5 heteroatoms. The van der Waals surface area contributed by atoms with Gasteiger partial charge in [-0.3, -0.25) is 9.59 Å². The Morgan fingerprint density at radius 2 is 1.39 bits per heavy atom. The summed E-state index contributed by atoms with van der Waals surface area (Å²) in [7, 11) is 3.40. The van der Waals surface area contributed by atoms with Crippen molar-refractivity contribution in [3.63, 3.8) is 0 Å². The van der Waals surface area contributed by atoms with Gasteiger partial charge in [-0.1, -0.05) is 63.2 Å². The number of anilines is 2. The number of para-hydroxylation sites is 1. The van der Waals surface area contributed by atoms with E-state index in [2.05, 4.69) is 20.8 Å². The van der Waals surface area contributed by atoms with E-state index in [1.807, 2.05) is 73.8 Å². The zero-order valence-electron chi connectivity index (χ0n) is 19.6. The molecule has 1 heterocycles. The first kappa shape index (κ1) is 22.3. The Hall–Kier alpha value is -3.86. The molecule has 0 fully saturated rings. The molecule has 0 saturated heterocycles. The van der Waals surface area contributed by atoms with Crippen LogP contribution in [0.4, 0.5) is 11.4 Å². The Morgan fingerprint density at radius 3 is 1.94 bits per heavy atom. The number of hydrogen-bond donors (Lipinski definition) is 0. The first-order valence-corrected chi connectivity index (χ1v) is 10.9. The van der Waals surface area contributed by atoms with Crippen molar-refractivity contribution in [2.75, 3.05) is 24.0 Å². The van der Waals surface area contributed by atoms with Crippen LogP contribution in [0, 0.1) is 0 Å². The third-order valence-electron chi connectivity index (χ3n) is 5.91. The molecule has 0 unspecified atom stereocenters. The molecule has 2 amide bonds. The number of nitrogens with zero attached hydrogens (tertiary/aromatic N) is 2. The Kier molecular flexibility index (Phi) is 5.81. The SMILES string of the molecule is COc1ccc(C2=C(N(C)c3ccccc3)C(=O)N(c3ccc(C(C)(C)C)cc3)C2=O)cc1. The van der Waals surface area contributed by atoms with Crippen molar-refractivity contribution in [2.45, 2.75) is 26.2 Å². The van der Waals surface area contributed by atoms with Crippen LogP contribution in [0.25, 0.3) is 5.57 Å². The number of amides is 2. The maximum atomic E-state index is 13.7. The lowest BCUT2D eigenvalue weighted by Gasteiger charge is -2.23. The lowest BCUT2D eigenvalue weighted by molar-refractivity contribution is -0.120. The highest BCUT2D eigenvalue weighted by molar-refractivity contribution is 6.46. The molecule has 5 nitrogen and oxygen atoms in total. The largest absolute Gasteiger partial charge is 0.497 e. The highest BCUT2D eigenvalue weighted by Crippen LogP contribution is 2.37. The molecule has 3 aromatic rings. The summed E-state index contributed by atoms with van der Waals surface area (Å²) in [6.45, 7) is 6.39. The van der Waals surface area contributed by atoms with Crippen molar-refractivity contribution in [1.82, 2.24) is 0 Å². The number of carbonyl (C=O) groups excluding carboxylic acids is 2. The maximum Gasteiger partial charge on any atom is 0.282 e. The van der Waals surface area contributed by atoms with Gasteiger partial charge in [0.25, 0.3) is 11.8 Å². The number of benzene rings is 3. The van der Waals surface area contributed by atoms with E-state index in [9.17, 15) is 9.59 Å². The van der Waals surface area contributed by atoms with Crippen molar-refractivity contribution < 1.29 is 14.3 Å². The Balaban J connectivity index is 1.82. The molecule has 0 spiro atoms. The zero-order chi connectivity index (χ0) is 23.8. The Morgan fingerprint density at radius 1 is 0.788 bits per heavy atom. The van der Waals surface area contributed by atoms with E-state index < -0.39 is 0 Å². The number of hydrogen-bond acceptors (Lipinski definition) is 4. The minimum absolute atomic E-state index is 0.0251. The van der Waals surface area contributed by atoms with Crippen LogP contribution in [-0.4, -0.2) is 26.0 Å². The van der Waals surface area contributed by atoms with Crippen molar-refractivity contribution >= 4 is 28.8 Å². The van der Waals surface area contributed by atoms with Gasteiger partial charge < -0.3 is 9.64 Å². The van der Waals surface area contributed by atoms with Crippen molar-refractivity contribution in [3.05, 3.63) is 95.7 Å². The van der Waals surface area contributed by atoms with E-state index in [1.165, 1.54) is 4.90 Å². The Labute approximate surface area is 194 Å². The van der Waals surface area contributed by atoms with Gasteiger partial charge in [0, 0.05) is 12.7 Å². The van der Waals surface area contributed by atoms with Crippen LogP contribution in [0.1, 0.15) is 31.9 Å². The Bertz CT molecular complexity index is 1200. The molecule has 0 bridgehead atoms.